The van der Waals surface area contributed by atoms with Crippen LogP contribution in [-0.2, 0) is 9.53 Å². The summed E-state index contributed by atoms with van der Waals surface area (Å²) in [6.45, 7) is 6.93. The number of ether oxygens (including phenoxy) is 1. The molecular weight excluding hydrogens is 168 g/mol. The van der Waals surface area contributed by atoms with Crippen LogP contribution in [0, 0.1) is 0 Å². The zero-order valence-corrected chi connectivity index (χ0v) is 8.38. The second-order valence-corrected chi connectivity index (χ2v) is 3.13. The molecule has 76 valence electrons. The Balaban J connectivity index is 3.59. The van der Waals surface area contributed by atoms with Crippen molar-refractivity contribution < 1.29 is 14.6 Å². The predicted molar refractivity (Wildman–Crippen MR) is 51.1 cm³/mol. The number of rotatable bonds is 6. The van der Waals surface area contributed by atoms with Crippen molar-refractivity contribution in [2.24, 2.45) is 0 Å². The molecule has 1 N–H and O–H groups in total. The first-order valence-corrected chi connectivity index (χ1v) is 4.60. The van der Waals surface area contributed by atoms with Crippen LogP contribution < -0.4 is 0 Å². The molecule has 1 atom stereocenters. The Labute approximate surface area is 79.4 Å². The lowest BCUT2D eigenvalue weighted by molar-refractivity contribution is -0.137. The van der Waals surface area contributed by atoms with Crippen molar-refractivity contribution >= 4 is 5.97 Å². The van der Waals surface area contributed by atoms with Crippen LogP contribution in [0.15, 0.2) is 12.3 Å². The van der Waals surface area contributed by atoms with Crippen molar-refractivity contribution in [1.29, 1.82) is 0 Å². The lowest BCUT2D eigenvalue weighted by Gasteiger charge is -2.10. The van der Waals surface area contributed by atoms with Crippen LogP contribution in [0.25, 0.3) is 0 Å². The summed E-state index contributed by atoms with van der Waals surface area (Å²) in [6.07, 6.45) is 2.67. The Bertz CT molecular complexity index is 175. The Morgan fingerprint density at radius 3 is 2.69 bits per heavy atom. The average Bonchev–Trinajstić information content (AvgIpc) is 1.98. The summed E-state index contributed by atoms with van der Waals surface area (Å²) in [5.74, 6) is -0.0382. The molecule has 1 unspecified atom stereocenters. The third-order valence-electron chi connectivity index (χ3n) is 1.64. The van der Waals surface area contributed by atoms with E-state index in [1.807, 2.05) is 0 Å². The first kappa shape index (κ1) is 12.2. The third-order valence-corrected chi connectivity index (χ3v) is 1.64. The summed E-state index contributed by atoms with van der Waals surface area (Å²) < 4.78 is 4.71. The zero-order chi connectivity index (χ0) is 10.3. The van der Waals surface area contributed by atoms with Gasteiger partial charge in [0, 0.05) is 13.3 Å². The topological polar surface area (TPSA) is 46.5 Å². The van der Waals surface area contributed by atoms with Gasteiger partial charge >= 0.3 is 5.97 Å². The highest BCUT2D eigenvalue weighted by atomic mass is 16.5. The highest BCUT2D eigenvalue weighted by Gasteiger charge is 2.07. The van der Waals surface area contributed by atoms with Crippen molar-refractivity contribution in [3.8, 4) is 0 Å². The van der Waals surface area contributed by atoms with Crippen molar-refractivity contribution in [1.82, 2.24) is 0 Å². The van der Waals surface area contributed by atoms with E-state index in [0.717, 1.165) is 19.3 Å². The fraction of sp³-hybridized carbons (Fsp3) is 0.700. The van der Waals surface area contributed by atoms with Gasteiger partial charge in [0.1, 0.15) is 5.76 Å². The number of hydrogen-bond acceptors (Lipinski definition) is 3. The maximum atomic E-state index is 10.5. The molecule has 0 aliphatic rings. The largest absolute Gasteiger partial charge is 0.432 e. The maximum absolute atomic E-state index is 10.5. The first-order valence-electron chi connectivity index (χ1n) is 4.60. The summed E-state index contributed by atoms with van der Waals surface area (Å²) in [5, 5.41) is 9.41. The van der Waals surface area contributed by atoms with Crippen LogP contribution in [0.1, 0.15) is 39.5 Å². The number of hydrogen-bond donors (Lipinski definition) is 1. The van der Waals surface area contributed by atoms with Crippen molar-refractivity contribution in [3.63, 3.8) is 0 Å². The SMILES string of the molecule is C=C(CC(O)CCCC)OC(C)=O. The highest BCUT2D eigenvalue weighted by Crippen LogP contribution is 2.10. The predicted octanol–water partition coefficient (Wildman–Crippen LogP) is 2.00. The molecule has 0 bridgehead atoms. The molecule has 0 amide bonds. The van der Waals surface area contributed by atoms with Gasteiger partial charge in [0.2, 0.25) is 0 Å². The van der Waals surface area contributed by atoms with Gasteiger partial charge in [-0.05, 0) is 6.42 Å². The molecule has 13 heavy (non-hydrogen) atoms. The van der Waals surface area contributed by atoms with Gasteiger partial charge in [0.25, 0.3) is 0 Å². The van der Waals surface area contributed by atoms with Crippen LogP contribution in [-0.4, -0.2) is 17.2 Å². The molecule has 0 saturated carbocycles. The van der Waals surface area contributed by atoms with E-state index in [-0.39, 0.29) is 5.97 Å². The lowest BCUT2D eigenvalue weighted by Crippen LogP contribution is -2.10. The van der Waals surface area contributed by atoms with Crippen LogP contribution in [0.4, 0.5) is 0 Å². The summed E-state index contributed by atoms with van der Waals surface area (Å²) in [5.41, 5.74) is 0. The minimum Gasteiger partial charge on any atom is -0.432 e. The zero-order valence-electron chi connectivity index (χ0n) is 8.38. The van der Waals surface area contributed by atoms with Gasteiger partial charge in [-0.1, -0.05) is 26.3 Å². The van der Waals surface area contributed by atoms with Crippen molar-refractivity contribution in [2.75, 3.05) is 0 Å². The van der Waals surface area contributed by atoms with E-state index in [4.69, 9.17) is 4.74 Å². The smallest absolute Gasteiger partial charge is 0.307 e. The molecule has 0 saturated heterocycles. The Hall–Kier alpha value is -0.830. The molecule has 0 spiro atoms. The molecule has 0 heterocycles. The van der Waals surface area contributed by atoms with E-state index < -0.39 is 6.10 Å². The van der Waals surface area contributed by atoms with Gasteiger partial charge < -0.3 is 9.84 Å². The van der Waals surface area contributed by atoms with E-state index >= 15 is 0 Å². The Morgan fingerprint density at radius 2 is 2.23 bits per heavy atom. The van der Waals surface area contributed by atoms with E-state index in [0.29, 0.717) is 12.2 Å². The fourth-order valence-corrected chi connectivity index (χ4v) is 1.05. The normalized spacial score (nSPS) is 12.2. The van der Waals surface area contributed by atoms with Crippen LogP contribution >= 0.6 is 0 Å². The molecule has 0 aromatic carbocycles. The van der Waals surface area contributed by atoms with E-state index in [9.17, 15) is 9.90 Å². The van der Waals surface area contributed by atoms with Gasteiger partial charge in [0.05, 0.1) is 6.10 Å². The Kier molecular flexibility index (Phi) is 6.24. The van der Waals surface area contributed by atoms with Gasteiger partial charge in [-0.3, -0.25) is 4.79 Å². The first-order chi connectivity index (χ1) is 6.06. The number of aliphatic hydroxyl groups is 1. The molecule has 0 aromatic rings. The minimum atomic E-state index is -0.438. The molecule has 0 fully saturated rings. The number of esters is 1. The van der Waals surface area contributed by atoms with E-state index in [1.165, 1.54) is 6.92 Å². The van der Waals surface area contributed by atoms with E-state index in [1.54, 1.807) is 0 Å². The van der Waals surface area contributed by atoms with Crippen LogP contribution in [0.3, 0.4) is 0 Å². The summed E-state index contributed by atoms with van der Waals surface area (Å²) in [6, 6.07) is 0. The van der Waals surface area contributed by atoms with Gasteiger partial charge in [-0.15, -0.1) is 0 Å². The fourth-order valence-electron chi connectivity index (χ4n) is 1.05. The quantitative estimate of drug-likeness (QED) is 0.510. The summed E-state index contributed by atoms with van der Waals surface area (Å²) in [4.78, 5) is 10.5. The van der Waals surface area contributed by atoms with Gasteiger partial charge in [-0.25, -0.2) is 0 Å². The average molecular weight is 186 g/mol. The molecular formula is C10H18O3. The number of unbranched alkanes of at least 4 members (excludes halogenated alkanes) is 1. The molecule has 0 rings (SSSR count). The van der Waals surface area contributed by atoms with Crippen molar-refractivity contribution in [3.05, 3.63) is 12.3 Å². The summed E-state index contributed by atoms with van der Waals surface area (Å²) >= 11 is 0. The number of aliphatic hydroxyl groups excluding tert-OH is 1. The van der Waals surface area contributed by atoms with Crippen LogP contribution in [0.5, 0.6) is 0 Å². The monoisotopic (exact) mass is 186 g/mol. The lowest BCUT2D eigenvalue weighted by atomic mass is 10.1. The van der Waals surface area contributed by atoms with Crippen molar-refractivity contribution in [2.45, 2.75) is 45.6 Å². The van der Waals surface area contributed by atoms with E-state index in [2.05, 4.69) is 13.5 Å². The second-order valence-electron chi connectivity index (χ2n) is 3.13. The standard InChI is InChI=1S/C10H18O3/c1-4-5-6-10(12)7-8(2)13-9(3)11/h10,12H,2,4-7H2,1,3H3. The molecule has 0 aliphatic heterocycles. The van der Waals surface area contributed by atoms with Gasteiger partial charge in [0.15, 0.2) is 0 Å². The number of carbonyl (C=O) groups excluding carboxylic acids is 1. The second kappa shape index (κ2) is 6.66. The summed E-state index contributed by atoms with van der Waals surface area (Å²) in [7, 11) is 0. The molecule has 3 nitrogen and oxygen atoms in total. The Morgan fingerprint density at radius 1 is 1.62 bits per heavy atom. The molecule has 0 radical (unpaired) electrons. The molecule has 0 aromatic heterocycles. The van der Waals surface area contributed by atoms with Crippen LogP contribution in [0.2, 0.25) is 0 Å². The number of carbonyl (C=O) groups is 1. The molecule has 3 heteroatoms. The highest BCUT2D eigenvalue weighted by molar-refractivity contribution is 5.67. The minimum absolute atomic E-state index is 0.344. The maximum Gasteiger partial charge on any atom is 0.307 e. The molecule has 0 aliphatic carbocycles. The van der Waals surface area contributed by atoms with Gasteiger partial charge in [-0.2, -0.15) is 0 Å². The third kappa shape index (κ3) is 7.53.